The van der Waals surface area contributed by atoms with Gasteiger partial charge in [0.15, 0.2) is 0 Å². The highest BCUT2D eigenvalue weighted by atomic mass is 16.6. The second kappa shape index (κ2) is 8.41. The third-order valence-electron chi connectivity index (χ3n) is 2.39. The molecule has 4 heteroatoms. The van der Waals surface area contributed by atoms with Crippen molar-refractivity contribution in [3.8, 4) is 0 Å². The van der Waals surface area contributed by atoms with Crippen LogP contribution in [0.25, 0.3) is 0 Å². The highest BCUT2D eigenvalue weighted by Gasteiger charge is 2.26. The highest BCUT2D eigenvalue weighted by molar-refractivity contribution is 4.70. The van der Waals surface area contributed by atoms with E-state index in [0.717, 1.165) is 25.7 Å². The van der Waals surface area contributed by atoms with Gasteiger partial charge in [-0.25, -0.2) is 0 Å². The molecular weight excluding hydrogens is 194 g/mol. The van der Waals surface area contributed by atoms with Crippen LogP contribution in [0, 0.1) is 10.1 Å². The van der Waals surface area contributed by atoms with Gasteiger partial charge in [-0.05, 0) is 6.42 Å². The van der Waals surface area contributed by atoms with Crippen molar-refractivity contribution < 1.29 is 9.66 Å². The van der Waals surface area contributed by atoms with Crippen LogP contribution in [0.2, 0.25) is 0 Å². The van der Waals surface area contributed by atoms with Gasteiger partial charge in [-0.15, -0.1) is 6.58 Å². The molecule has 0 bridgehead atoms. The smallest absolute Gasteiger partial charge is 0.236 e. The molecule has 0 radical (unpaired) electrons. The number of rotatable bonds is 9. The molecule has 0 unspecified atom stereocenters. The van der Waals surface area contributed by atoms with Crippen LogP contribution < -0.4 is 0 Å². The second-order valence-corrected chi connectivity index (χ2v) is 3.68. The van der Waals surface area contributed by atoms with Crippen molar-refractivity contribution in [2.24, 2.45) is 0 Å². The van der Waals surface area contributed by atoms with E-state index in [1.54, 1.807) is 13.0 Å². The van der Waals surface area contributed by atoms with E-state index < -0.39 is 6.04 Å². The van der Waals surface area contributed by atoms with Crippen molar-refractivity contribution >= 4 is 0 Å². The molecule has 0 aliphatic carbocycles. The van der Waals surface area contributed by atoms with Gasteiger partial charge in [-0.2, -0.15) is 0 Å². The summed E-state index contributed by atoms with van der Waals surface area (Å²) in [7, 11) is 0. The minimum absolute atomic E-state index is 0.278. The Bertz CT molecular complexity index is 194. The van der Waals surface area contributed by atoms with Gasteiger partial charge in [0.2, 0.25) is 6.04 Å². The number of nitro groups is 1. The molecule has 2 atom stereocenters. The Hall–Kier alpha value is -0.900. The molecule has 0 aromatic carbocycles. The zero-order chi connectivity index (χ0) is 11.7. The van der Waals surface area contributed by atoms with Crippen LogP contribution in [-0.2, 0) is 4.74 Å². The predicted molar refractivity (Wildman–Crippen MR) is 60.5 cm³/mol. The normalized spacial score (nSPS) is 14.5. The van der Waals surface area contributed by atoms with Crippen molar-refractivity contribution in [2.45, 2.75) is 51.7 Å². The fourth-order valence-electron chi connectivity index (χ4n) is 1.39. The minimum atomic E-state index is -0.637. The van der Waals surface area contributed by atoms with Crippen molar-refractivity contribution in [2.75, 3.05) is 6.61 Å². The van der Waals surface area contributed by atoms with E-state index in [2.05, 4.69) is 13.5 Å². The van der Waals surface area contributed by atoms with Gasteiger partial charge in [0.1, 0.15) is 6.10 Å². The maximum atomic E-state index is 10.6. The van der Waals surface area contributed by atoms with E-state index in [9.17, 15) is 10.1 Å². The van der Waals surface area contributed by atoms with Gasteiger partial charge >= 0.3 is 0 Å². The van der Waals surface area contributed by atoms with Gasteiger partial charge < -0.3 is 4.74 Å². The number of nitrogens with zero attached hydrogens (tertiary/aromatic N) is 1. The second-order valence-electron chi connectivity index (χ2n) is 3.68. The molecule has 0 saturated heterocycles. The van der Waals surface area contributed by atoms with E-state index in [1.807, 2.05) is 0 Å². The highest BCUT2D eigenvalue weighted by Crippen LogP contribution is 2.12. The molecule has 0 N–H and O–H groups in total. The van der Waals surface area contributed by atoms with E-state index in [4.69, 9.17) is 4.74 Å². The predicted octanol–water partition coefficient (Wildman–Crippen LogP) is 2.80. The summed E-state index contributed by atoms with van der Waals surface area (Å²) >= 11 is 0. The van der Waals surface area contributed by atoms with Crippen molar-refractivity contribution in [1.82, 2.24) is 0 Å². The molecule has 0 aliphatic heterocycles. The lowest BCUT2D eigenvalue weighted by Gasteiger charge is -2.17. The largest absolute Gasteiger partial charge is 0.367 e. The number of unbranched alkanes of at least 4 members (excludes halogenated alkanes) is 2. The summed E-state index contributed by atoms with van der Waals surface area (Å²) in [5, 5.41) is 10.6. The first-order valence-electron chi connectivity index (χ1n) is 5.49. The summed E-state index contributed by atoms with van der Waals surface area (Å²) in [6.07, 6.45) is 5.28. The number of hydrogen-bond donors (Lipinski definition) is 0. The summed E-state index contributed by atoms with van der Waals surface area (Å²) in [5.74, 6) is 0. The SMILES string of the molecule is C=CCO[C@H](CCCCC)[C@H](C)[N+](=O)[O-]. The number of ether oxygens (including phenoxy) is 1. The van der Waals surface area contributed by atoms with Gasteiger partial charge in [0.05, 0.1) is 6.61 Å². The molecule has 0 rings (SSSR count). The standard InChI is InChI=1S/C11H21NO3/c1-4-6-7-8-11(15-9-5-2)10(3)12(13)14/h5,10-11H,2,4,6-9H2,1,3H3/t10-,11+/m0/s1. The van der Waals surface area contributed by atoms with Crippen molar-refractivity contribution in [1.29, 1.82) is 0 Å². The lowest BCUT2D eigenvalue weighted by Crippen LogP contribution is -2.33. The van der Waals surface area contributed by atoms with Gasteiger partial charge in [-0.3, -0.25) is 10.1 Å². The Morgan fingerprint density at radius 1 is 1.53 bits per heavy atom. The van der Waals surface area contributed by atoms with Crippen molar-refractivity contribution in [3.63, 3.8) is 0 Å². The van der Waals surface area contributed by atoms with Crippen LogP contribution in [0.4, 0.5) is 0 Å². The Morgan fingerprint density at radius 3 is 2.67 bits per heavy atom. The van der Waals surface area contributed by atoms with Crippen LogP contribution in [-0.4, -0.2) is 23.7 Å². The molecule has 0 aromatic rings. The first-order valence-corrected chi connectivity index (χ1v) is 5.49. The summed E-state index contributed by atoms with van der Waals surface area (Å²) in [4.78, 5) is 10.4. The summed E-state index contributed by atoms with van der Waals surface area (Å²) < 4.78 is 5.40. The molecule has 0 heterocycles. The molecule has 0 spiro atoms. The third-order valence-corrected chi connectivity index (χ3v) is 2.39. The first kappa shape index (κ1) is 14.1. The Kier molecular flexibility index (Phi) is 7.91. The molecule has 88 valence electrons. The Balaban J connectivity index is 4.04. The van der Waals surface area contributed by atoms with Crippen molar-refractivity contribution in [3.05, 3.63) is 22.8 Å². The van der Waals surface area contributed by atoms with Gasteiger partial charge in [0.25, 0.3) is 0 Å². The minimum Gasteiger partial charge on any atom is -0.367 e. The molecule has 4 nitrogen and oxygen atoms in total. The van der Waals surface area contributed by atoms with Gasteiger partial charge in [-0.1, -0.05) is 32.3 Å². The lowest BCUT2D eigenvalue weighted by molar-refractivity contribution is -0.531. The number of hydrogen-bond acceptors (Lipinski definition) is 3. The maximum absolute atomic E-state index is 10.6. The van der Waals surface area contributed by atoms with E-state index in [1.165, 1.54) is 0 Å². The fourth-order valence-corrected chi connectivity index (χ4v) is 1.39. The monoisotopic (exact) mass is 215 g/mol. The molecular formula is C11H21NO3. The molecule has 0 saturated carbocycles. The van der Waals surface area contributed by atoms with E-state index in [0.29, 0.717) is 6.61 Å². The molecule has 0 aliphatic rings. The fraction of sp³-hybridized carbons (Fsp3) is 0.818. The van der Waals surface area contributed by atoms with Crippen LogP contribution in [0.1, 0.15) is 39.5 Å². The van der Waals surface area contributed by atoms with Crippen LogP contribution in [0.5, 0.6) is 0 Å². The molecule has 0 amide bonds. The molecule has 0 aromatic heterocycles. The topological polar surface area (TPSA) is 52.4 Å². The quantitative estimate of drug-likeness (QED) is 0.257. The zero-order valence-corrected chi connectivity index (χ0v) is 9.65. The van der Waals surface area contributed by atoms with Gasteiger partial charge in [0, 0.05) is 11.8 Å². The molecule has 0 fully saturated rings. The van der Waals surface area contributed by atoms with Crippen LogP contribution >= 0.6 is 0 Å². The van der Waals surface area contributed by atoms with E-state index in [-0.39, 0.29) is 11.0 Å². The summed E-state index contributed by atoms with van der Waals surface area (Å²) in [6.45, 7) is 7.63. The van der Waals surface area contributed by atoms with Crippen LogP contribution in [0.3, 0.4) is 0 Å². The Labute approximate surface area is 91.5 Å². The van der Waals surface area contributed by atoms with Crippen LogP contribution in [0.15, 0.2) is 12.7 Å². The lowest BCUT2D eigenvalue weighted by atomic mass is 10.1. The summed E-state index contributed by atoms with van der Waals surface area (Å²) in [5.41, 5.74) is 0. The third kappa shape index (κ3) is 6.23. The summed E-state index contributed by atoms with van der Waals surface area (Å²) in [6, 6.07) is -0.637. The van der Waals surface area contributed by atoms with E-state index >= 15 is 0 Å². The first-order chi connectivity index (χ1) is 7.13. The zero-order valence-electron chi connectivity index (χ0n) is 9.65. The molecule has 15 heavy (non-hydrogen) atoms. The average molecular weight is 215 g/mol. The average Bonchev–Trinajstić information content (AvgIpc) is 2.22. The maximum Gasteiger partial charge on any atom is 0.236 e. The Morgan fingerprint density at radius 2 is 2.20 bits per heavy atom.